The molecule has 0 saturated carbocycles. The number of hydrogen-bond donors (Lipinski definition) is 2. The second kappa shape index (κ2) is 7.94. The highest BCUT2D eigenvalue weighted by Crippen LogP contribution is 2.28. The first-order valence-corrected chi connectivity index (χ1v) is 10.4. The van der Waals surface area contributed by atoms with Crippen molar-refractivity contribution in [3.63, 3.8) is 0 Å². The van der Waals surface area contributed by atoms with Gasteiger partial charge in [0.15, 0.2) is 0 Å². The molecule has 0 bridgehead atoms. The molecule has 1 atom stereocenters. The second-order valence-electron chi connectivity index (χ2n) is 7.44. The van der Waals surface area contributed by atoms with E-state index in [1.54, 1.807) is 12.4 Å². The number of amides is 2. The molecule has 2 aromatic heterocycles. The number of pyridine rings is 1. The maximum atomic E-state index is 13.0. The highest BCUT2D eigenvalue weighted by Gasteiger charge is 2.25. The van der Waals surface area contributed by atoms with Crippen LogP contribution in [0.2, 0.25) is 0 Å². The van der Waals surface area contributed by atoms with Crippen molar-refractivity contribution >= 4 is 44.3 Å². The molecule has 3 heterocycles. The van der Waals surface area contributed by atoms with E-state index in [1.807, 2.05) is 29.8 Å². The van der Waals surface area contributed by atoms with Crippen molar-refractivity contribution in [1.29, 1.82) is 0 Å². The summed E-state index contributed by atoms with van der Waals surface area (Å²) in [5, 5.41) is 11.2. The van der Waals surface area contributed by atoms with Gasteiger partial charge in [0.25, 0.3) is 5.91 Å². The molecule has 1 aromatic carbocycles. The lowest BCUT2D eigenvalue weighted by Crippen LogP contribution is -2.32. The summed E-state index contributed by atoms with van der Waals surface area (Å²) in [7, 11) is 0. The van der Waals surface area contributed by atoms with Crippen molar-refractivity contribution in [3.8, 4) is 0 Å². The Bertz CT molecular complexity index is 1110. The van der Waals surface area contributed by atoms with Crippen LogP contribution in [0.15, 0.2) is 35.1 Å². The standard InChI is InChI=1S/C21H22BrN5O2/c1-12-16-8-15(22)3-4-18(16)24-11-19(12)26-21(29)17-10-25-27-6-5-14(7-20(17)27)9-23-13(2)28/h3-4,8,10-11,14H,5-7,9H2,1-2H3,(H,23,28)(H,26,29). The van der Waals surface area contributed by atoms with Crippen LogP contribution < -0.4 is 10.6 Å². The fourth-order valence-electron chi connectivity index (χ4n) is 3.76. The second-order valence-corrected chi connectivity index (χ2v) is 8.35. The van der Waals surface area contributed by atoms with E-state index in [9.17, 15) is 9.59 Å². The van der Waals surface area contributed by atoms with E-state index in [2.05, 4.69) is 36.6 Å². The van der Waals surface area contributed by atoms with Crippen LogP contribution in [0.5, 0.6) is 0 Å². The van der Waals surface area contributed by atoms with Gasteiger partial charge in [-0.2, -0.15) is 5.10 Å². The van der Waals surface area contributed by atoms with Gasteiger partial charge < -0.3 is 10.6 Å². The number of hydrogen-bond acceptors (Lipinski definition) is 4. The summed E-state index contributed by atoms with van der Waals surface area (Å²) in [4.78, 5) is 28.7. The lowest BCUT2D eigenvalue weighted by Gasteiger charge is -2.24. The molecule has 0 radical (unpaired) electrons. The third-order valence-corrected chi connectivity index (χ3v) is 5.90. The summed E-state index contributed by atoms with van der Waals surface area (Å²) in [6, 6.07) is 5.90. The Hall–Kier alpha value is -2.74. The lowest BCUT2D eigenvalue weighted by atomic mass is 9.94. The maximum Gasteiger partial charge on any atom is 0.259 e. The Morgan fingerprint density at radius 3 is 2.93 bits per heavy atom. The summed E-state index contributed by atoms with van der Waals surface area (Å²) in [5.74, 6) is 0.0784. The fraction of sp³-hybridized carbons (Fsp3) is 0.333. The van der Waals surface area contributed by atoms with Crippen LogP contribution in [0, 0.1) is 12.8 Å². The number of nitrogens with zero attached hydrogens (tertiary/aromatic N) is 3. The SMILES string of the molecule is CC(=O)NCC1CCn2ncc(C(=O)Nc3cnc4ccc(Br)cc4c3C)c2C1. The van der Waals surface area contributed by atoms with Gasteiger partial charge in [0, 0.05) is 29.9 Å². The molecule has 1 aliphatic heterocycles. The van der Waals surface area contributed by atoms with Gasteiger partial charge in [-0.3, -0.25) is 19.3 Å². The van der Waals surface area contributed by atoms with E-state index in [0.717, 1.165) is 39.6 Å². The molecular formula is C21H22BrN5O2. The van der Waals surface area contributed by atoms with Crippen LogP contribution >= 0.6 is 15.9 Å². The van der Waals surface area contributed by atoms with Crippen molar-refractivity contribution < 1.29 is 9.59 Å². The van der Waals surface area contributed by atoms with Crippen LogP contribution in [0.3, 0.4) is 0 Å². The van der Waals surface area contributed by atoms with Crippen LogP contribution in [-0.2, 0) is 17.8 Å². The van der Waals surface area contributed by atoms with Gasteiger partial charge in [-0.05, 0) is 49.4 Å². The Labute approximate surface area is 177 Å². The quantitative estimate of drug-likeness (QED) is 0.630. The topological polar surface area (TPSA) is 88.9 Å². The van der Waals surface area contributed by atoms with Crippen molar-refractivity contribution in [2.45, 2.75) is 33.2 Å². The number of nitrogens with one attached hydrogen (secondary N) is 2. The first-order chi connectivity index (χ1) is 13.9. The largest absolute Gasteiger partial charge is 0.356 e. The average molecular weight is 456 g/mol. The number of aromatic nitrogens is 3. The Morgan fingerprint density at radius 1 is 1.31 bits per heavy atom. The molecule has 0 fully saturated rings. The normalized spacial score (nSPS) is 15.8. The van der Waals surface area contributed by atoms with E-state index in [0.29, 0.717) is 30.1 Å². The van der Waals surface area contributed by atoms with E-state index in [1.165, 1.54) is 6.92 Å². The Balaban J connectivity index is 1.56. The third-order valence-electron chi connectivity index (χ3n) is 5.41. The number of carbonyl (C=O) groups is 2. The van der Waals surface area contributed by atoms with Crippen LogP contribution in [0.25, 0.3) is 10.9 Å². The van der Waals surface area contributed by atoms with Crippen molar-refractivity contribution in [3.05, 3.63) is 51.9 Å². The molecule has 150 valence electrons. The smallest absolute Gasteiger partial charge is 0.259 e. The van der Waals surface area contributed by atoms with Crippen molar-refractivity contribution in [1.82, 2.24) is 20.1 Å². The zero-order valence-corrected chi connectivity index (χ0v) is 17.9. The predicted octanol–water partition coefficient (Wildman–Crippen LogP) is 3.45. The maximum absolute atomic E-state index is 13.0. The minimum absolute atomic E-state index is 0.0343. The van der Waals surface area contributed by atoms with Gasteiger partial charge >= 0.3 is 0 Å². The van der Waals surface area contributed by atoms with Crippen molar-refractivity contribution in [2.24, 2.45) is 5.92 Å². The molecule has 1 unspecified atom stereocenters. The summed E-state index contributed by atoms with van der Waals surface area (Å²) in [6.45, 7) is 4.86. The molecular weight excluding hydrogens is 434 g/mol. The molecule has 4 rings (SSSR count). The monoisotopic (exact) mass is 455 g/mol. The van der Waals surface area contributed by atoms with Crippen LogP contribution in [0.1, 0.15) is 35.0 Å². The molecule has 0 spiro atoms. The number of halogens is 1. The average Bonchev–Trinajstić information content (AvgIpc) is 3.12. The molecule has 8 heteroatoms. The molecule has 1 aliphatic rings. The highest BCUT2D eigenvalue weighted by molar-refractivity contribution is 9.10. The van der Waals surface area contributed by atoms with Crippen molar-refractivity contribution in [2.75, 3.05) is 11.9 Å². The summed E-state index contributed by atoms with van der Waals surface area (Å²) >= 11 is 3.49. The fourth-order valence-corrected chi connectivity index (χ4v) is 4.12. The minimum Gasteiger partial charge on any atom is -0.356 e. The van der Waals surface area contributed by atoms with Gasteiger partial charge in [-0.25, -0.2) is 0 Å². The van der Waals surface area contributed by atoms with Gasteiger partial charge in [-0.1, -0.05) is 15.9 Å². The summed E-state index contributed by atoms with van der Waals surface area (Å²) in [6.07, 6.45) is 4.97. The molecule has 3 aromatic rings. The predicted molar refractivity (Wildman–Crippen MR) is 115 cm³/mol. The van der Waals surface area contributed by atoms with E-state index in [-0.39, 0.29) is 11.8 Å². The highest BCUT2D eigenvalue weighted by atomic mass is 79.9. The molecule has 29 heavy (non-hydrogen) atoms. The van der Waals surface area contributed by atoms with E-state index < -0.39 is 0 Å². The first kappa shape index (κ1) is 19.6. The molecule has 7 nitrogen and oxygen atoms in total. The Kier molecular flexibility index (Phi) is 5.36. The number of aryl methyl sites for hydroxylation is 2. The minimum atomic E-state index is -0.189. The van der Waals surface area contributed by atoms with Gasteiger partial charge in [0.1, 0.15) is 0 Å². The molecule has 2 amide bonds. The number of anilines is 1. The Morgan fingerprint density at radius 2 is 2.14 bits per heavy atom. The summed E-state index contributed by atoms with van der Waals surface area (Å²) < 4.78 is 2.86. The van der Waals surface area contributed by atoms with Crippen LogP contribution in [0.4, 0.5) is 5.69 Å². The number of fused-ring (bicyclic) bond motifs is 2. The number of rotatable bonds is 4. The molecule has 0 aliphatic carbocycles. The van der Waals surface area contributed by atoms with E-state index in [4.69, 9.17) is 0 Å². The van der Waals surface area contributed by atoms with Crippen LogP contribution in [-0.4, -0.2) is 33.1 Å². The summed E-state index contributed by atoms with van der Waals surface area (Å²) in [5.41, 5.74) is 4.03. The van der Waals surface area contributed by atoms with Gasteiger partial charge in [0.05, 0.1) is 34.9 Å². The molecule has 2 N–H and O–H groups in total. The molecule has 0 saturated heterocycles. The van der Waals surface area contributed by atoms with Gasteiger partial charge in [-0.15, -0.1) is 0 Å². The lowest BCUT2D eigenvalue weighted by molar-refractivity contribution is -0.119. The first-order valence-electron chi connectivity index (χ1n) is 9.57. The third kappa shape index (κ3) is 4.03. The van der Waals surface area contributed by atoms with E-state index >= 15 is 0 Å². The number of benzene rings is 1. The zero-order chi connectivity index (χ0) is 20.5. The zero-order valence-electron chi connectivity index (χ0n) is 16.3. The van der Waals surface area contributed by atoms with Gasteiger partial charge in [0.2, 0.25) is 5.91 Å². The number of carbonyl (C=O) groups excluding carboxylic acids is 2.